The molecule has 1 saturated carbocycles. The lowest BCUT2D eigenvalue weighted by Crippen LogP contribution is -2.47. The molecule has 1 aliphatic carbocycles. The Kier molecular flexibility index (Phi) is 6.16. The predicted octanol–water partition coefficient (Wildman–Crippen LogP) is 4.29. The van der Waals surface area contributed by atoms with Crippen molar-refractivity contribution in [1.29, 1.82) is 0 Å². The topological polar surface area (TPSA) is 23.6 Å². The fraction of sp³-hybridized carbons (Fsp3) is 0.682. The highest BCUT2D eigenvalue weighted by molar-refractivity contribution is 5.83. The van der Waals surface area contributed by atoms with E-state index in [-0.39, 0.29) is 0 Å². The van der Waals surface area contributed by atoms with Gasteiger partial charge in [-0.15, -0.1) is 0 Å². The summed E-state index contributed by atoms with van der Waals surface area (Å²) in [5, 5.41) is 0. The minimum Gasteiger partial charge on any atom is -0.374 e. The van der Waals surface area contributed by atoms with Crippen LogP contribution in [0.3, 0.4) is 0 Å². The molecule has 3 heteroatoms. The summed E-state index contributed by atoms with van der Waals surface area (Å²) >= 11 is 0. The summed E-state index contributed by atoms with van der Waals surface area (Å²) in [5.74, 6) is 1.59. The maximum atomic E-state index is 12.2. The minimum atomic E-state index is 0.329. The van der Waals surface area contributed by atoms with Crippen LogP contribution in [0.5, 0.6) is 0 Å². The van der Waals surface area contributed by atoms with E-state index in [0.717, 1.165) is 31.8 Å². The molecule has 0 spiro atoms. The van der Waals surface area contributed by atoms with E-state index in [1.807, 2.05) is 0 Å². The highest BCUT2D eigenvalue weighted by atomic mass is 16.1. The third kappa shape index (κ3) is 4.63. The number of Topliss-reactive ketones (excluding diaryl/α,β-unsaturated/α-hetero) is 1. The number of hydrogen-bond donors (Lipinski definition) is 0. The molecule has 0 aromatic heterocycles. The normalized spacial score (nSPS) is 28.1. The Morgan fingerprint density at radius 3 is 2.36 bits per heavy atom. The molecule has 1 saturated heterocycles. The first-order chi connectivity index (χ1) is 12.1. The monoisotopic (exact) mass is 342 g/mol. The van der Waals surface area contributed by atoms with E-state index >= 15 is 0 Å². The van der Waals surface area contributed by atoms with Crippen LogP contribution in [0.4, 0.5) is 5.69 Å². The number of likely N-dealkylation sites (tertiary alicyclic amines) is 1. The molecular weight excluding hydrogens is 308 g/mol. The van der Waals surface area contributed by atoms with E-state index < -0.39 is 0 Å². The molecule has 2 fully saturated rings. The second-order valence-corrected chi connectivity index (χ2v) is 8.22. The largest absolute Gasteiger partial charge is 0.374 e. The Morgan fingerprint density at radius 1 is 1.08 bits per heavy atom. The van der Waals surface area contributed by atoms with E-state index in [0.29, 0.717) is 24.3 Å². The third-order valence-corrected chi connectivity index (χ3v) is 6.41. The summed E-state index contributed by atoms with van der Waals surface area (Å²) in [5.41, 5.74) is 2.64. The molecule has 2 aliphatic rings. The van der Waals surface area contributed by atoms with Gasteiger partial charge in [0.1, 0.15) is 5.78 Å². The zero-order valence-corrected chi connectivity index (χ0v) is 16.2. The van der Waals surface area contributed by atoms with E-state index in [1.54, 1.807) is 0 Å². The van der Waals surface area contributed by atoms with Crippen LogP contribution in [0.25, 0.3) is 0 Å². The molecule has 1 aromatic carbocycles. The SMILES string of the molecule is CCC1CCN(C2CCC(CN(C)c3ccc(C)cc3)CC2)CC1=O. The molecule has 1 atom stereocenters. The summed E-state index contributed by atoms with van der Waals surface area (Å²) in [6, 6.07) is 9.48. The van der Waals surface area contributed by atoms with E-state index in [1.165, 1.54) is 36.9 Å². The predicted molar refractivity (Wildman–Crippen MR) is 105 cm³/mol. The van der Waals surface area contributed by atoms with Gasteiger partial charge in [0.25, 0.3) is 0 Å². The Balaban J connectivity index is 1.46. The molecule has 3 nitrogen and oxygen atoms in total. The van der Waals surface area contributed by atoms with E-state index in [4.69, 9.17) is 0 Å². The Bertz CT molecular complexity index is 560. The van der Waals surface area contributed by atoms with Gasteiger partial charge in [0, 0.05) is 31.2 Å². The van der Waals surface area contributed by atoms with Gasteiger partial charge in [-0.3, -0.25) is 9.69 Å². The Labute approximate surface area is 153 Å². The van der Waals surface area contributed by atoms with Crippen LogP contribution in [-0.2, 0) is 4.79 Å². The Morgan fingerprint density at radius 2 is 1.76 bits per heavy atom. The van der Waals surface area contributed by atoms with Crippen molar-refractivity contribution in [3.63, 3.8) is 0 Å². The number of carbonyl (C=O) groups excluding carboxylic acids is 1. The lowest BCUT2D eigenvalue weighted by molar-refractivity contribution is -0.128. The van der Waals surface area contributed by atoms with Crippen molar-refractivity contribution in [2.75, 3.05) is 31.6 Å². The molecule has 0 bridgehead atoms. The first-order valence-electron chi connectivity index (χ1n) is 10.1. The average molecular weight is 343 g/mol. The van der Waals surface area contributed by atoms with Crippen molar-refractivity contribution in [3.05, 3.63) is 29.8 Å². The van der Waals surface area contributed by atoms with Crippen LogP contribution in [-0.4, -0.2) is 43.4 Å². The smallest absolute Gasteiger partial charge is 0.149 e. The van der Waals surface area contributed by atoms with E-state index in [2.05, 4.69) is 55.0 Å². The van der Waals surface area contributed by atoms with Crippen LogP contribution in [0.1, 0.15) is 51.0 Å². The number of piperidine rings is 1. The lowest BCUT2D eigenvalue weighted by Gasteiger charge is -2.40. The fourth-order valence-electron chi connectivity index (χ4n) is 4.62. The summed E-state index contributed by atoms with van der Waals surface area (Å²) < 4.78 is 0. The van der Waals surface area contributed by atoms with Crippen LogP contribution in [0.2, 0.25) is 0 Å². The number of carbonyl (C=O) groups is 1. The summed E-state index contributed by atoms with van der Waals surface area (Å²) in [4.78, 5) is 17.1. The first-order valence-corrected chi connectivity index (χ1v) is 10.1. The van der Waals surface area contributed by atoms with Gasteiger partial charge < -0.3 is 4.90 Å². The van der Waals surface area contributed by atoms with Gasteiger partial charge in [-0.2, -0.15) is 0 Å². The second-order valence-electron chi connectivity index (χ2n) is 8.22. The van der Waals surface area contributed by atoms with Gasteiger partial charge in [0.05, 0.1) is 6.54 Å². The molecule has 0 radical (unpaired) electrons. The number of aryl methyl sites for hydroxylation is 1. The van der Waals surface area contributed by atoms with E-state index in [9.17, 15) is 4.79 Å². The quantitative estimate of drug-likeness (QED) is 0.797. The zero-order chi connectivity index (χ0) is 17.8. The van der Waals surface area contributed by atoms with Gasteiger partial charge in [-0.25, -0.2) is 0 Å². The molecule has 1 unspecified atom stereocenters. The summed E-state index contributed by atoms with van der Waals surface area (Å²) in [6.45, 7) is 7.26. The van der Waals surface area contributed by atoms with Crippen LogP contribution in [0, 0.1) is 18.8 Å². The highest BCUT2D eigenvalue weighted by Crippen LogP contribution is 2.31. The molecule has 138 valence electrons. The van der Waals surface area contributed by atoms with Crippen molar-refractivity contribution >= 4 is 11.5 Å². The molecule has 0 N–H and O–H groups in total. The zero-order valence-electron chi connectivity index (χ0n) is 16.2. The van der Waals surface area contributed by atoms with Crippen molar-refractivity contribution in [2.45, 2.75) is 58.4 Å². The summed E-state index contributed by atoms with van der Waals surface area (Å²) in [6.07, 6.45) is 7.20. The number of nitrogens with zero attached hydrogens (tertiary/aromatic N) is 2. The standard InChI is InChI=1S/C22H34N2O/c1-4-19-13-14-24(16-22(19)25)21-11-7-18(8-12-21)15-23(3)20-9-5-17(2)6-10-20/h5-6,9-10,18-19,21H,4,7-8,11-16H2,1-3H3. The minimum absolute atomic E-state index is 0.329. The van der Waals surface area contributed by atoms with Gasteiger partial charge in [-0.1, -0.05) is 24.6 Å². The first kappa shape index (κ1) is 18.4. The maximum absolute atomic E-state index is 12.2. The third-order valence-electron chi connectivity index (χ3n) is 6.41. The second kappa shape index (κ2) is 8.35. The van der Waals surface area contributed by atoms with Crippen LogP contribution in [0.15, 0.2) is 24.3 Å². The average Bonchev–Trinajstić information content (AvgIpc) is 2.63. The molecule has 25 heavy (non-hydrogen) atoms. The number of ketones is 1. The molecule has 1 heterocycles. The molecule has 1 aliphatic heterocycles. The number of anilines is 1. The van der Waals surface area contributed by atoms with Crippen LogP contribution < -0.4 is 4.90 Å². The molecular formula is C22H34N2O. The van der Waals surface area contributed by atoms with Gasteiger partial charge in [0.15, 0.2) is 0 Å². The van der Waals surface area contributed by atoms with Gasteiger partial charge in [-0.05, 0) is 70.0 Å². The lowest BCUT2D eigenvalue weighted by atomic mass is 9.83. The molecule has 3 rings (SSSR count). The number of hydrogen-bond acceptors (Lipinski definition) is 3. The van der Waals surface area contributed by atoms with Gasteiger partial charge >= 0.3 is 0 Å². The Hall–Kier alpha value is -1.35. The number of benzene rings is 1. The maximum Gasteiger partial charge on any atom is 0.149 e. The van der Waals surface area contributed by atoms with Crippen LogP contribution >= 0.6 is 0 Å². The van der Waals surface area contributed by atoms with Gasteiger partial charge in [0.2, 0.25) is 0 Å². The molecule has 0 amide bonds. The fourth-order valence-corrected chi connectivity index (χ4v) is 4.62. The van der Waals surface area contributed by atoms with Crippen molar-refractivity contribution in [2.24, 2.45) is 11.8 Å². The number of rotatable bonds is 5. The molecule has 1 aromatic rings. The van der Waals surface area contributed by atoms with Crippen molar-refractivity contribution < 1.29 is 4.79 Å². The highest BCUT2D eigenvalue weighted by Gasteiger charge is 2.32. The van der Waals surface area contributed by atoms with Crippen molar-refractivity contribution in [1.82, 2.24) is 4.90 Å². The summed E-state index contributed by atoms with van der Waals surface area (Å²) in [7, 11) is 2.21. The van der Waals surface area contributed by atoms with Crippen molar-refractivity contribution in [3.8, 4) is 0 Å².